The number of hydrogen-bond donors (Lipinski definition) is 0. The summed E-state index contributed by atoms with van der Waals surface area (Å²) < 4.78 is 0. The van der Waals surface area contributed by atoms with Crippen molar-refractivity contribution in [3.8, 4) is 12.3 Å². The van der Waals surface area contributed by atoms with Crippen LogP contribution in [-0.2, 0) is 4.79 Å². The van der Waals surface area contributed by atoms with Crippen molar-refractivity contribution in [2.45, 2.75) is 17.7 Å². The summed E-state index contributed by atoms with van der Waals surface area (Å²) in [5.41, 5.74) is 0. The second-order valence-corrected chi connectivity index (χ2v) is 4.56. The Morgan fingerprint density at radius 1 is 1.64 bits per heavy atom. The molecule has 0 spiro atoms. The van der Waals surface area contributed by atoms with Crippen LogP contribution in [0.1, 0.15) is 12.8 Å². The number of Topliss-reactive ketones (excluding diaryl/α,β-unsaturated/α-hetero) is 1. The Bertz CT molecular complexity index is 240. The Morgan fingerprint density at radius 3 is 2.73 bits per heavy atom. The van der Waals surface area contributed by atoms with Gasteiger partial charge in [-0.2, -0.15) is 0 Å². The highest BCUT2D eigenvalue weighted by atomic mass is 79.9. The number of ketones is 1. The van der Waals surface area contributed by atoms with Crippen LogP contribution < -0.4 is 0 Å². The number of carbonyl (C=O) groups is 1. The lowest BCUT2D eigenvalue weighted by Crippen LogP contribution is -2.16. The summed E-state index contributed by atoms with van der Waals surface area (Å²) in [6.07, 6.45) is 7.02. The van der Waals surface area contributed by atoms with Gasteiger partial charge in [-0.05, 0) is 12.3 Å². The maximum absolute atomic E-state index is 11.2. The van der Waals surface area contributed by atoms with E-state index in [-0.39, 0.29) is 11.8 Å². The van der Waals surface area contributed by atoms with Crippen LogP contribution in [0.4, 0.5) is 0 Å². The quantitative estimate of drug-likeness (QED) is 0.441. The van der Waals surface area contributed by atoms with Gasteiger partial charge in [0.2, 0.25) is 0 Å². The Kier molecular flexibility index (Phi) is 1.57. The summed E-state index contributed by atoms with van der Waals surface area (Å²) >= 11 is 3.56. The highest BCUT2D eigenvalue weighted by molar-refractivity contribution is 9.09. The van der Waals surface area contributed by atoms with Crippen LogP contribution in [0, 0.1) is 30.1 Å². The van der Waals surface area contributed by atoms with Crippen LogP contribution >= 0.6 is 15.9 Å². The van der Waals surface area contributed by atoms with Gasteiger partial charge < -0.3 is 0 Å². The molecule has 0 aliphatic heterocycles. The third-order valence-electron chi connectivity index (χ3n) is 2.88. The molecule has 0 N–H and O–H groups in total. The Labute approximate surface area is 74.7 Å². The predicted molar refractivity (Wildman–Crippen MR) is 46.3 cm³/mol. The first-order chi connectivity index (χ1) is 5.24. The van der Waals surface area contributed by atoms with E-state index in [2.05, 4.69) is 21.9 Å². The lowest BCUT2D eigenvalue weighted by Gasteiger charge is -2.13. The van der Waals surface area contributed by atoms with E-state index in [4.69, 9.17) is 6.42 Å². The fraction of sp³-hybridized carbons (Fsp3) is 0.667. The maximum Gasteiger partial charge on any atom is 0.137 e. The second-order valence-electron chi connectivity index (χ2n) is 3.38. The molecule has 0 aromatic carbocycles. The average molecular weight is 213 g/mol. The smallest absolute Gasteiger partial charge is 0.137 e. The molecule has 0 amide bonds. The summed E-state index contributed by atoms with van der Waals surface area (Å²) in [5.74, 6) is 3.95. The Balaban J connectivity index is 2.29. The molecule has 2 aliphatic carbocycles. The third kappa shape index (κ3) is 0.873. The van der Waals surface area contributed by atoms with Gasteiger partial charge in [-0.3, -0.25) is 4.79 Å². The normalized spacial score (nSPS) is 47.8. The number of halogens is 1. The van der Waals surface area contributed by atoms with E-state index in [1.807, 2.05) is 0 Å². The lowest BCUT2D eigenvalue weighted by atomic mass is 9.99. The first-order valence-electron chi connectivity index (χ1n) is 3.87. The highest BCUT2D eigenvalue weighted by Gasteiger charge is 2.51. The van der Waals surface area contributed by atoms with Gasteiger partial charge in [0.1, 0.15) is 5.78 Å². The molecule has 2 saturated carbocycles. The molecule has 4 atom stereocenters. The zero-order chi connectivity index (χ0) is 8.01. The molecular formula is C9H9BrO. The first-order valence-corrected chi connectivity index (χ1v) is 4.78. The fourth-order valence-electron chi connectivity index (χ4n) is 2.30. The van der Waals surface area contributed by atoms with Crippen molar-refractivity contribution < 1.29 is 4.79 Å². The molecule has 58 valence electrons. The van der Waals surface area contributed by atoms with Gasteiger partial charge in [-0.25, -0.2) is 0 Å². The minimum Gasteiger partial charge on any atom is -0.299 e. The number of fused-ring (bicyclic) bond motifs is 2. The van der Waals surface area contributed by atoms with E-state index in [0.29, 0.717) is 22.9 Å². The van der Waals surface area contributed by atoms with Gasteiger partial charge in [0, 0.05) is 23.1 Å². The second kappa shape index (κ2) is 2.35. The van der Waals surface area contributed by atoms with E-state index < -0.39 is 0 Å². The zero-order valence-electron chi connectivity index (χ0n) is 6.09. The molecule has 0 aromatic rings. The standard InChI is InChI=1S/C9H9BrO/c1-2-5-6-4-9(11)7(5)3-8(6)10/h1,5-8H,3-4H2/t5?,6-,7+,8?/m1/s1. The van der Waals surface area contributed by atoms with Gasteiger partial charge >= 0.3 is 0 Å². The van der Waals surface area contributed by atoms with Gasteiger partial charge in [-0.15, -0.1) is 12.3 Å². The van der Waals surface area contributed by atoms with E-state index in [0.717, 1.165) is 6.42 Å². The van der Waals surface area contributed by atoms with Crippen molar-refractivity contribution in [2.75, 3.05) is 0 Å². The lowest BCUT2D eigenvalue weighted by molar-refractivity contribution is -0.121. The molecule has 0 aromatic heterocycles. The molecule has 2 unspecified atom stereocenters. The van der Waals surface area contributed by atoms with Gasteiger partial charge in [-0.1, -0.05) is 15.9 Å². The van der Waals surface area contributed by atoms with Crippen LogP contribution in [0.5, 0.6) is 0 Å². The molecule has 2 bridgehead atoms. The minimum atomic E-state index is 0.175. The Morgan fingerprint density at radius 2 is 2.36 bits per heavy atom. The molecule has 11 heavy (non-hydrogen) atoms. The summed E-state index contributed by atoms with van der Waals surface area (Å²) in [4.78, 5) is 11.7. The molecule has 2 heteroatoms. The largest absolute Gasteiger partial charge is 0.299 e. The van der Waals surface area contributed by atoms with Gasteiger partial charge in [0.25, 0.3) is 0 Å². The molecule has 2 aliphatic rings. The van der Waals surface area contributed by atoms with Crippen molar-refractivity contribution in [3.05, 3.63) is 0 Å². The fourth-order valence-corrected chi connectivity index (χ4v) is 3.22. The van der Waals surface area contributed by atoms with E-state index in [9.17, 15) is 4.79 Å². The van der Waals surface area contributed by atoms with Crippen LogP contribution in [0.3, 0.4) is 0 Å². The van der Waals surface area contributed by atoms with Crippen LogP contribution in [-0.4, -0.2) is 10.6 Å². The SMILES string of the molecule is C#CC1[C@H]2CC(=O)[C@H]1CC2Br. The third-order valence-corrected chi connectivity index (χ3v) is 3.93. The van der Waals surface area contributed by atoms with Crippen molar-refractivity contribution in [3.63, 3.8) is 0 Å². The highest BCUT2D eigenvalue weighted by Crippen LogP contribution is 2.49. The minimum absolute atomic E-state index is 0.175. The molecule has 0 heterocycles. The van der Waals surface area contributed by atoms with E-state index in [1.54, 1.807) is 0 Å². The van der Waals surface area contributed by atoms with E-state index in [1.165, 1.54) is 0 Å². The number of carbonyl (C=O) groups excluding carboxylic acids is 1. The monoisotopic (exact) mass is 212 g/mol. The number of rotatable bonds is 0. The summed E-state index contributed by atoms with van der Waals surface area (Å²) in [5, 5.41) is 0. The van der Waals surface area contributed by atoms with Crippen molar-refractivity contribution in [1.29, 1.82) is 0 Å². The summed E-state index contributed by atoms with van der Waals surface area (Å²) in [6, 6.07) is 0. The topological polar surface area (TPSA) is 17.1 Å². The van der Waals surface area contributed by atoms with Crippen LogP contribution in [0.2, 0.25) is 0 Å². The van der Waals surface area contributed by atoms with Crippen LogP contribution in [0.15, 0.2) is 0 Å². The first kappa shape index (κ1) is 7.36. The summed E-state index contributed by atoms with van der Waals surface area (Å²) in [6.45, 7) is 0. The molecule has 0 saturated heterocycles. The molecular weight excluding hydrogens is 204 g/mol. The molecule has 2 rings (SSSR count). The molecule has 1 nitrogen and oxygen atoms in total. The van der Waals surface area contributed by atoms with Gasteiger partial charge in [0.05, 0.1) is 0 Å². The number of hydrogen-bond acceptors (Lipinski definition) is 1. The van der Waals surface area contributed by atoms with Crippen molar-refractivity contribution >= 4 is 21.7 Å². The zero-order valence-corrected chi connectivity index (χ0v) is 7.67. The number of terminal acetylenes is 1. The predicted octanol–water partition coefficient (Wildman–Crippen LogP) is 1.61. The van der Waals surface area contributed by atoms with E-state index >= 15 is 0 Å². The summed E-state index contributed by atoms with van der Waals surface area (Å²) in [7, 11) is 0. The molecule has 0 radical (unpaired) electrons. The van der Waals surface area contributed by atoms with Crippen molar-refractivity contribution in [2.24, 2.45) is 17.8 Å². The maximum atomic E-state index is 11.2. The van der Waals surface area contributed by atoms with Gasteiger partial charge in [0.15, 0.2) is 0 Å². The Hall–Kier alpha value is -0.290. The number of alkyl halides is 1. The average Bonchev–Trinajstić information content (AvgIpc) is 2.42. The molecule has 2 fully saturated rings. The van der Waals surface area contributed by atoms with Crippen molar-refractivity contribution in [1.82, 2.24) is 0 Å². The van der Waals surface area contributed by atoms with Crippen LogP contribution in [0.25, 0.3) is 0 Å².